The highest BCUT2D eigenvalue weighted by Crippen LogP contribution is 2.45. The lowest BCUT2D eigenvalue weighted by molar-refractivity contribution is -0.139. The van der Waals surface area contributed by atoms with E-state index < -0.39 is 17.8 Å². The Bertz CT molecular complexity index is 543. The lowest BCUT2D eigenvalue weighted by Gasteiger charge is -2.37. The summed E-state index contributed by atoms with van der Waals surface area (Å²) in [7, 11) is 0. The van der Waals surface area contributed by atoms with Gasteiger partial charge in [-0.2, -0.15) is 13.2 Å². The van der Waals surface area contributed by atoms with Crippen LogP contribution in [0.2, 0.25) is 0 Å². The van der Waals surface area contributed by atoms with E-state index in [-0.39, 0.29) is 17.2 Å². The van der Waals surface area contributed by atoms with Gasteiger partial charge in [-0.05, 0) is 40.4 Å². The summed E-state index contributed by atoms with van der Waals surface area (Å²) in [5.41, 5.74) is -0.759. The van der Waals surface area contributed by atoms with E-state index in [2.05, 4.69) is 21.2 Å². The van der Waals surface area contributed by atoms with E-state index in [1.165, 1.54) is 6.07 Å². The standard InChI is InChI=1S/C16H22BrF3N2O/c1-10(2)9-13(22-7-5-21-6-8-22)14-11(16(18,19)20)3-4-12(17)15(14)23/h3-4,10,13,21,23H,5-9H2,1-2H3/t13-/m1/s1. The van der Waals surface area contributed by atoms with Gasteiger partial charge in [-0.15, -0.1) is 0 Å². The number of piperazine rings is 1. The van der Waals surface area contributed by atoms with E-state index in [9.17, 15) is 18.3 Å². The number of hydrogen-bond acceptors (Lipinski definition) is 3. The van der Waals surface area contributed by atoms with Gasteiger partial charge in [-0.1, -0.05) is 13.8 Å². The predicted molar refractivity (Wildman–Crippen MR) is 87.4 cm³/mol. The minimum absolute atomic E-state index is 0.0116. The lowest BCUT2D eigenvalue weighted by atomic mass is 9.90. The largest absolute Gasteiger partial charge is 0.506 e. The van der Waals surface area contributed by atoms with E-state index in [0.29, 0.717) is 24.0 Å². The van der Waals surface area contributed by atoms with Crippen LogP contribution in [-0.4, -0.2) is 36.2 Å². The van der Waals surface area contributed by atoms with E-state index in [1.807, 2.05) is 18.7 Å². The number of hydrogen-bond donors (Lipinski definition) is 2. The molecule has 0 aliphatic carbocycles. The second-order valence-electron chi connectivity index (χ2n) is 6.29. The molecule has 2 N–H and O–H groups in total. The summed E-state index contributed by atoms with van der Waals surface area (Å²) < 4.78 is 40.7. The Morgan fingerprint density at radius 3 is 2.39 bits per heavy atom. The predicted octanol–water partition coefficient (Wildman–Crippen LogP) is 4.17. The molecule has 1 heterocycles. The summed E-state index contributed by atoms with van der Waals surface area (Å²) in [4.78, 5) is 2.03. The van der Waals surface area contributed by atoms with Crippen LogP contribution >= 0.6 is 15.9 Å². The highest BCUT2D eigenvalue weighted by atomic mass is 79.9. The average Bonchev–Trinajstić information content (AvgIpc) is 2.47. The minimum atomic E-state index is -4.49. The molecule has 0 amide bonds. The highest BCUT2D eigenvalue weighted by molar-refractivity contribution is 9.10. The van der Waals surface area contributed by atoms with Crippen LogP contribution in [0.1, 0.15) is 37.4 Å². The molecule has 1 atom stereocenters. The molecular weight excluding hydrogens is 373 g/mol. The Hall–Kier alpha value is -0.790. The van der Waals surface area contributed by atoms with Gasteiger partial charge in [0.25, 0.3) is 0 Å². The molecule has 0 spiro atoms. The smallest absolute Gasteiger partial charge is 0.416 e. The van der Waals surface area contributed by atoms with Crippen molar-refractivity contribution in [1.82, 2.24) is 10.2 Å². The van der Waals surface area contributed by atoms with Crippen LogP contribution < -0.4 is 5.32 Å². The molecule has 1 fully saturated rings. The van der Waals surface area contributed by atoms with Crippen molar-refractivity contribution in [3.8, 4) is 5.75 Å². The molecule has 1 aliphatic rings. The van der Waals surface area contributed by atoms with Crippen molar-refractivity contribution in [3.63, 3.8) is 0 Å². The number of rotatable bonds is 4. The molecule has 130 valence electrons. The zero-order valence-corrected chi connectivity index (χ0v) is 14.8. The minimum Gasteiger partial charge on any atom is -0.506 e. The normalized spacial score (nSPS) is 18.4. The van der Waals surface area contributed by atoms with Gasteiger partial charge >= 0.3 is 6.18 Å². The van der Waals surface area contributed by atoms with Gasteiger partial charge < -0.3 is 10.4 Å². The van der Waals surface area contributed by atoms with Gasteiger partial charge in [-0.25, -0.2) is 0 Å². The number of phenolic OH excluding ortho intramolecular Hbond substituents is 1. The molecule has 2 rings (SSSR count). The van der Waals surface area contributed by atoms with Crippen LogP contribution in [0.4, 0.5) is 13.2 Å². The Kier molecular flexibility index (Phi) is 5.97. The van der Waals surface area contributed by atoms with Crippen molar-refractivity contribution in [1.29, 1.82) is 0 Å². The van der Waals surface area contributed by atoms with Crippen molar-refractivity contribution < 1.29 is 18.3 Å². The number of nitrogens with one attached hydrogen (secondary N) is 1. The zero-order valence-electron chi connectivity index (χ0n) is 13.3. The van der Waals surface area contributed by atoms with Gasteiger partial charge in [0.05, 0.1) is 10.0 Å². The first-order valence-corrected chi connectivity index (χ1v) is 8.54. The van der Waals surface area contributed by atoms with Crippen LogP contribution in [0.25, 0.3) is 0 Å². The van der Waals surface area contributed by atoms with Crippen LogP contribution in [0.3, 0.4) is 0 Å². The van der Waals surface area contributed by atoms with Gasteiger partial charge in [0, 0.05) is 37.8 Å². The molecule has 7 heteroatoms. The summed E-state index contributed by atoms with van der Waals surface area (Å²) in [5.74, 6) is -0.0849. The van der Waals surface area contributed by atoms with E-state index in [1.54, 1.807) is 0 Å². The third kappa shape index (κ3) is 4.39. The van der Waals surface area contributed by atoms with Gasteiger partial charge in [0.2, 0.25) is 0 Å². The molecule has 23 heavy (non-hydrogen) atoms. The van der Waals surface area contributed by atoms with E-state index in [4.69, 9.17) is 0 Å². The molecule has 0 aromatic heterocycles. The van der Waals surface area contributed by atoms with Crippen molar-refractivity contribution in [2.45, 2.75) is 32.5 Å². The molecule has 0 radical (unpaired) electrons. The second kappa shape index (κ2) is 7.40. The maximum Gasteiger partial charge on any atom is 0.416 e. The summed E-state index contributed by atoms with van der Waals surface area (Å²) in [5, 5.41) is 13.6. The fraction of sp³-hybridized carbons (Fsp3) is 0.625. The fourth-order valence-electron chi connectivity index (χ4n) is 3.06. The van der Waals surface area contributed by atoms with Crippen LogP contribution in [0.5, 0.6) is 5.75 Å². The number of nitrogens with zero attached hydrogens (tertiary/aromatic N) is 1. The van der Waals surface area contributed by atoms with Gasteiger partial charge in [0.15, 0.2) is 0 Å². The van der Waals surface area contributed by atoms with E-state index >= 15 is 0 Å². The van der Waals surface area contributed by atoms with Gasteiger partial charge in [-0.3, -0.25) is 4.90 Å². The monoisotopic (exact) mass is 394 g/mol. The molecule has 1 saturated heterocycles. The Morgan fingerprint density at radius 2 is 1.87 bits per heavy atom. The molecule has 1 aromatic carbocycles. The molecular formula is C16H22BrF3N2O. The number of alkyl halides is 3. The Labute approximate surface area is 143 Å². The first-order valence-electron chi connectivity index (χ1n) is 7.75. The van der Waals surface area contributed by atoms with Crippen LogP contribution in [-0.2, 0) is 6.18 Å². The maximum absolute atomic E-state index is 13.5. The number of aromatic hydroxyl groups is 1. The van der Waals surface area contributed by atoms with Crippen molar-refractivity contribution in [2.75, 3.05) is 26.2 Å². The first-order chi connectivity index (χ1) is 10.7. The van der Waals surface area contributed by atoms with Crippen molar-refractivity contribution in [2.24, 2.45) is 5.92 Å². The summed E-state index contributed by atoms with van der Waals surface area (Å²) in [6, 6.07) is 1.85. The summed E-state index contributed by atoms with van der Waals surface area (Å²) in [6.07, 6.45) is -3.93. The Morgan fingerprint density at radius 1 is 1.26 bits per heavy atom. The van der Waals surface area contributed by atoms with Crippen molar-refractivity contribution >= 4 is 15.9 Å². The number of halogens is 4. The summed E-state index contributed by atoms with van der Waals surface area (Å²) >= 11 is 3.16. The summed E-state index contributed by atoms with van der Waals surface area (Å²) in [6.45, 7) is 6.78. The second-order valence-corrected chi connectivity index (χ2v) is 7.14. The third-order valence-electron chi connectivity index (χ3n) is 4.09. The first kappa shape index (κ1) is 18.5. The number of benzene rings is 1. The average molecular weight is 395 g/mol. The van der Waals surface area contributed by atoms with Crippen LogP contribution in [0, 0.1) is 5.92 Å². The number of phenols is 1. The molecule has 1 aromatic rings. The molecule has 1 aliphatic heterocycles. The fourth-order valence-corrected chi connectivity index (χ4v) is 3.40. The topological polar surface area (TPSA) is 35.5 Å². The lowest BCUT2D eigenvalue weighted by Crippen LogP contribution is -2.45. The Balaban J connectivity index is 2.54. The van der Waals surface area contributed by atoms with Gasteiger partial charge in [0.1, 0.15) is 5.75 Å². The van der Waals surface area contributed by atoms with Crippen molar-refractivity contribution in [3.05, 3.63) is 27.7 Å². The van der Waals surface area contributed by atoms with Crippen LogP contribution in [0.15, 0.2) is 16.6 Å². The molecule has 0 bridgehead atoms. The maximum atomic E-state index is 13.5. The SMILES string of the molecule is CC(C)C[C@H](c1c(C(F)(F)F)ccc(Br)c1O)N1CCNCC1. The highest BCUT2D eigenvalue weighted by Gasteiger charge is 2.39. The molecule has 0 unspecified atom stereocenters. The molecule has 0 saturated carbocycles. The third-order valence-corrected chi connectivity index (χ3v) is 4.73. The van der Waals surface area contributed by atoms with E-state index in [0.717, 1.165) is 19.2 Å². The molecule has 3 nitrogen and oxygen atoms in total. The zero-order chi connectivity index (χ0) is 17.2. The quantitative estimate of drug-likeness (QED) is 0.804.